The van der Waals surface area contributed by atoms with E-state index in [1.165, 1.54) is 5.56 Å². The van der Waals surface area contributed by atoms with Gasteiger partial charge in [0.25, 0.3) is 0 Å². The normalized spacial score (nSPS) is 10.4. The summed E-state index contributed by atoms with van der Waals surface area (Å²) in [4.78, 5) is 0. The zero-order chi connectivity index (χ0) is 13.4. The summed E-state index contributed by atoms with van der Waals surface area (Å²) in [5, 5.41) is 4.01. The predicted octanol–water partition coefficient (Wildman–Crippen LogP) is 4.18. The molecule has 0 atom stereocenters. The molecule has 1 N–H and O–H groups in total. The third-order valence-electron chi connectivity index (χ3n) is 2.68. The molecule has 0 aliphatic rings. The smallest absolute Gasteiger partial charge is 0.138 e. The van der Waals surface area contributed by atoms with E-state index in [-0.39, 0.29) is 0 Å². The van der Waals surface area contributed by atoms with Crippen LogP contribution < -0.4 is 10.1 Å². The molecule has 0 aromatic heterocycles. The Kier molecular flexibility index (Phi) is 6.84. The molecule has 0 unspecified atom stereocenters. The fraction of sp³-hybridized carbons (Fsp3) is 0.467. The van der Waals surface area contributed by atoms with Gasteiger partial charge in [-0.05, 0) is 42.7 Å². The summed E-state index contributed by atoms with van der Waals surface area (Å²) in [6.07, 6.45) is 2.06. The maximum atomic E-state index is 6.19. The molecule has 18 heavy (non-hydrogen) atoms. The van der Waals surface area contributed by atoms with E-state index in [1.807, 2.05) is 18.2 Å². The van der Waals surface area contributed by atoms with Gasteiger partial charge in [-0.1, -0.05) is 38.1 Å². The van der Waals surface area contributed by atoms with Gasteiger partial charge in [0.1, 0.15) is 12.4 Å². The fourth-order valence-corrected chi connectivity index (χ4v) is 1.72. The van der Waals surface area contributed by atoms with Crippen molar-refractivity contribution in [1.82, 2.24) is 5.32 Å². The average molecular weight is 268 g/mol. The van der Waals surface area contributed by atoms with Crippen LogP contribution in [0, 0.1) is 0 Å². The maximum absolute atomic E-state index is 6.19. The van der Waals surface area contributed by atoms with E-state index in [9.17, 15) is 0 Å². The number of nitrogens with one attached hydrogen (secondary N) is 1. The lowest BCUT2D eigenvalue weighted by Crippen LogP contribution is -2.13. The van der Waals surface area contributed by atoms with Crippen LogP contribution in [-0.4, -0.2) is 13.2 Å². The lowest BCUT2D eigenvalue weighted by molar-refractivity contribution is 0.349. The first-order valence-corrected chi connectivity index (χ1v) is 6.83. The van der Waals surface area contributed by atoms with Gasteiger partial charge >= 0.3 is 0 Å². The minimum atomic E-state index is 0.531. The van der Waals surface area contributed by atoms with Crippen molar-refractivity contribution < 1.29 is 4.74 Å². The van der Waals surface area contributed by atoms with Crippen LogP contribution >= 0.6 is 11.6 Å². The van der Waals surface area contributed by atoms with Crippen molar-refractivity contribution in [2.24, 2.45) is 0 Å². The zero-order valence-corrected chi connectivity index (χ0v) is 12.0. The monoisotopic (exact) mass is 267 g/mol. The van der Waals surface area contributed by atoms with Gasteiger partial charge in [0.15, 0.2) is 0 Å². The molecule has 0 amide bonds. The first kappa shape index (κ1) is 15.1. The molecule has 2 nitrogen and oxygen atoms in total. The van der Waals surface area contributed by atoms with Crippen LogP contribution in [0.5, 0.6) is 5.75 Å². The third kappa shape index (κ3) is 5.11. The lowest BCUT2D eigenvalue weighted by atomic mass is 10.2. The highest BCUT2D eigenvalue weighted by molar-refractivity contribution is 6.32. The van der Waals surface area contributed by atoms with Crippen LogP contribution in [0.1, 0.15) is 32.3 Å². The van der Waals surface area contributed by atoms with E-state index >= 15 is 0 Å². The first-order valence-electron chi connectivity index (χ1n) is 6.46. The first-order chi connectivity index (χ1) is 8.67. The molecule has 0 saturated carbocycles. The zero-order valence-electron chi connectivity index (χ0n) is 11.3. The highest BCUT2D eigenvalue weighted by Crippen LogP contribution is 2.25. The molecule has 0 bridgehead atoms. The fourth-order valence-electron chi connectivity index (χ4n) is 1.46. The van der Waals surface area contributed by atoms with Crippen molar-refractivity contribution >= 4 is 11.6 Å². The number of benzene rings is 1. The van der Waals surface area contributed by atoms with Gasteiger partial charge in [0, 0.05) is 6.54 Å². The van der Waals surface area contributed by atoms with Crippen LogP contribution in [0.2, 0.25) is 5.02 Å². The summed E-state index contributed by atoms with van der Waals surface area (Å²) in [7, 11) is 0. The minimum absolute atomic E-state index is 0.531. The molecule has 0 radical (unpaired) electrons. The van der Waals surface area contributed by atoms with Crippen LogP contribution in [0.15, 0.2) is 30.4 Å². The van der Waals surface area contributed by atoms with Crippen molar-refractivity contribution in [1.29, 1.82) is 0 Å². The van der Waals surface area contributed by atoms with Gasteiger partial charge in [0.05, 0.1) is 5.02 Å². The van der Waals surface area contributed by atoms with E-state index in [1.54, 1.807) is 0 Å². The quantitative estimate of drug-likeness (QED) is 0.563. The molecular formula is C15H22ClNO. The summed E-state index contributed by atoms with van der Waals surface area (Å²) >= 11 is 6.19. The minimum Gasteiger partial charge on any atom is -0.488 e. The van der Waals surface area contributed by atoms with E-state index in [0.717, 1.165) is 37.3 Å². The number of rotatable bonds is 8. The number of hydrogen-bond donors (Lipinski definition) is 1. The third-order valence-corrected chi connectivity index (χ3v) is 2.98. The molecule has 0 spiro atoms. The van der Waals surface area contributed by atoms with Crippen molar-refractivity contribution in [2.75, 3.05) is 13.2 Å². The van der Waals surface area contributed by atoms with Crippen LogP contribution in [0.25, 0.3) is 0 Å². The Morgan fingerprint density at radius 2 is 2.17 bits per heavy atom. The second-order valence-electron chi connectivity index (χ2n) is 4.33. The Morgan fingerprint density at radius 1 is 1.39 bits per heavy atom. The Bertz CT molecular complexity index is 390. The molecule has 0 aliphatic carbocycles. The number of hydrogen-bond acceptors (Lipinski definition) is 2. The summed E-state index contributed by atoms with van der Waals surface area (Å²) in [6.45, 7) is 10.5. The van der Waals surface area contributed by atoms with Crippen LogP contribution in [0.4, 0.5) is 0 Å². The largest absolute Gasteiger partial charge is 0.488 e. The van der Waals surface area contributed by atoms with Gasteiger partial charge < -0.3 is 10.1 Å². The van der Waals surface area contributed by atoms with Gasteiger partial charge in [0.2, 0.25) is 0 Å². The number of ether oxygens (including phenoxy) is 1. The highest BCUT2D eigenvalue weighted by Gasteiger charge is 2.03. The maximum Gasteiger partial charge on any atom is 0.138 e. The molecule has 1 aromatic carbocycles. The Morgan fingerprint density at radius 3 is 2.78 bits per heavy atom. The highest BCUT2D eigenvalue weighted by atomic mass is 35.5. The Balaban J connectivity index is 2.53. The molecule has 1 aromatic rings. The van der Waals surface area contributed by atoms with Crippen LogP contribution in [-0.2, 0) is 6.54 Å². The van der Waals surface area contributed by atoms with Gasteiger partial charge in [-0.2, -0.15) is 0 Å². The summed E-state index contributed by atoms with van der Waals surface area (Å²) < 4.78 is 5.62. The summed E-state index contributed by atoms with van der Waals surface area (Å²) in [6, 6.07) is 5.92. The van der Waals surface area contributed by atoms with Crippen molar-refractivity contribution in [3.63, 3.8) is 0 Å². The second-order valence-corrected chi connectivity index (χ2v) is 4.74. The SMILES string of the molecule is C=C(CC)COc1ccc(CNCCC)cc1Cl. The molecule has 3 heteroatoms. The van der Waals surface area contributed by atoms with E-state index in [0.29, 0.717) is 11.6 Å². The van der Waals surface area contributed by atoms with E-state index < -0.39 is 0 Å². The van der Waals surface area contributed by atoms with Gasteiger partial charge in [-0.3, -0.25) is 0 Å². The van der Waals surface area contributed by atoms with E-state index in [4.69, 9.17) is 16.3 Å². The lowest BCUT2D eigenvalue weighted by Gasteiger charge is -2.10. The topological polar surface area (TPSA) is 21.3 Å². The standard InChI is InChI=1S/C15H22ClNO/c1-4-8-17-10-13-6-7-15(14(16)9-13)18-11-12(3)5-2/h6-7,9,17H,3-5,8,10-11H2,1-2H3. The summed E-state index contributed by atoms with van der Waals surface area (Å²) in [5.74, 6) is 0.727. The van der Waals surface area contributed by atoms with Crippen molar-refractivity contribution in [2.45, 2.75) is 33.2 Å². The van der Waals surface area contributed by atoms with Crippen LogP contribution in [0.3, 0.4) is 0 Å². The molecule has 0 heterocycles. The van der Waals surface area contributed by atoms with Gasteiger partial charge in [-0.15, -0.1) is 0 Å². The molecule has 0 saturated heterocycles. The molecule has 0 aliphatic heterocycles. The Hall–Kier alpha value is -0.990. The number of halogens is 1. The van der Waals surface area contributed by atoms with Crippen molar-refractivity contribution in [3.8, 4) is 5.75 Å². The Labute approximate surface area is 115 Å². The molecule has 1 rings (SSSR count). The van der Waals surface area contributed by atoms with Gasteiger partial charge in [-0.25, -0.2) is 0 Å². The average Bonchev–Trinajstić information content (AvgIpc) is 2.37. The predicted molar refractivity (Wildman–Crippen MR) is 78.4 cm³/mol. The summed E-state index contributed by atoms with van der Waals surface area (Å²) in [5.41, 5.74) is 2.25. The van der Waals surface area contributed by atoms with Crippen molar-refractivity contribution in [3.05, 3.63) is 40.9 Å². The molecule has 100 valence electrons. The molecule has 0 fully saturated rings. The van der Waals surface area contributed by atoms with E-state index in [2.05, 4.69) is 25.7 Å². The second kappa shape index (κ2) is 8.17. The molecular weight excluding hydrogens is 246 g/mol.